The molecule has 0 saturated heterocycles. The van der Waals surface area contributed by atoms with Crippen LogP contribution in [0.3, 0.4) is 0 Å². The molecule has 0 fully saturated rings. The Morgan fingerprint density at radius 1 is 1.15 bits per heavy atom. The number of benzene rings is 1. The lowest BCUT2D eigenvalue weighted by Crippen LogP contribution is -2.38. The first-order chi connectivity index (χ1) is 13.1. The number of carbonyl (C=O) groups is 2. The van der Waals surface area contributed by atoms with Crippen LogP contribution >= 0.6 is 0 Å². The summed E-state index contributed by atoms with van der Waals surface area (Å²) in [7, 11) is 2.49. The number of aromatic nitrogens is 2. The standard InChI is InChI=1S/C18H19N3O6/c1-4-14-19-16(27-20-14)11-5-7-12(8-6-11)21-10-26-9-13(17(22)24-2)15(21)18(23)25-3/h5-8H,4,9-10H2,1-3H3. The summed E-state index contributed by atoms with van der Waals surface area (Å²) in [4.78, 5) is 30.1. The van der Waals surface area contributed by atoms with Gasteiger partial charge in [0, 0.05) is 17.7 Å². The zero-order valence-corrected chi connectivity index (χ0v) is 15.2. The molecular formula is C18H19N3O6. The Hall–Kier alpha value is -3.20. The quantitative estimate of drug-likeness (QED) is 0.724. The molecule has 9 nitrogen and oxygen atoms in total. The lowest BCUT2D eigenvalue weighted by Gasteiger charge is -2.31. The van der Waals surface area contributed by atoms with E-state index in [1.807, 2.05) is 6.92 Å². The van der Waals surface area contributed by atoms with Crippen molar-refractivity contribution in [1.29, 1.82) is 0 Å². The van der Waals surface area contributed by atoms with E-state index in [0.717, 1.165) is 5.56 Å². The van der Waals surface area contributed by atoms with Gasteiger partial charge in [-0.2, -0.15) is 4.98 Å². The van der Waals surface area contributed by atoms with Crippen LogP contribution in [0, 0.1) is 0 Å². The van der Waals surface area contributed by atoms with Crippen LogP contribution in [-0.4, -0.2) is 49.6 Å². The Morgan fingerprint density at radius 2 is 1.85 bits per heavy atom. The Labute approximate surface area is 155 Å². The fourth-order valence-corrected chi connectivity index (χ4v) is 2.65. The van der Waals surface area contributed by atoms with Gasteiger partial charge in [0.25, 0.3) is 5.89 Å². The molecule has 27 heavy (non-hydrogen) atoms. The normalized spacial score (nSPS) is 14.3. The highest BCUT2D eigenvalue weighted by molar-refractivity contribution is 6.03. The van der Waals surface area contributed by atoms with Crippen molar-refractivity contribution in [2.45, 2.75) is 13.3 Å². The number of ether oxygens (including phenoxy) is 3. The number of hydrogen-bond donors (Lipinski definition) is 0. The van der Waals surface area contributed by atoms with Crippen LogP contribution in [0.5, 0.6) is 0 Å². The minimum atomic E-state index is -0.646. The predicted octanol–water partition coefficient (Wildman–Crippen LogP) is 1.69. The van der Waals surface area contributed by atoms with Gasteiger partial charge in [-0.15, -0.1) is 0 Å². The maximum atomic E-state index is 12.3. The van der Waals surface area contributed by atoms with Gasteiger partial charge in [-0.05, 0) is 24.3 Å². The lowest BCUT2D eigenvalue weighted by molar-refractivity contribution is -0.140. The van der Waals surface area contributed by atoms with Crippen molar-refractivity contribution < 1.29 is 28.3 Å². The van der Waals surface area contributed by atoms with Crippen LogP contribution in [-0.2, 0) is 30.2 Å². The highest BCUT2D eigenvalue weighted by Gasteiger charge is 2.32. The van der Waals surface area contributed by atoms with Gasteiger partial charge in [-0.1, -0.05) is 12.1 Å². The van der Waals surface area contributed by atoms with Crippen LogP contribution in [0.4, 0.5) is 5.69 Å². The second-order valence-corrected chi connectivity index (χ2v) is 5.63. The zero-order chi connectivity index (χ0) is 19.4. The molecule has 0 amide bonds. The van der Waals surface area contributed by atoms with Gasteiger partial charge in [-0.3, -0.25) is 0 Å². The molecule has 0 radical (unpaired) electrons. The summed E-state index contributed by atoms with van der Waals surface area (Å²) in [6.45, 7) is 1.99. The molecule has 1 aliphatic heterocycles. The van der Waals surface area contributed by atoms with Gasteiger partial charge in [0.15, 0.2) is 5.82 Å². The number of carbonyl (C=O) groups excluding carboxylic acids is 2. The summed E-state index contributed by atoms with van der Waals surface area (Å²) in [5.74, 6) is -0.258. The number of methoxy groups -OCH3 is 2. The molecule has 0 atom stereocenters. The molecule has 1 aromatic carbocycles. The van der Waals surface area contributed by atoms with Crippen LogP contribution in [0.2, 0.25) is 0 Å². The van der Waals surface area contributed by atoms with Crippen LogP contribution in [0.25, 0.3) is 11.5 Å². The molecule has 3 rings (SSSR count). The molecule has 0 unspecified atom stereocenters. The molecule has 0 N–H and O–H groups in total. The van der Waals surface area contributed by atoms with Crippen molar-refractivity contribution in [3.05, 3.63) is 41.4 Å². The average Bonchev–Trinajstić information content (AvgIpc) is 3.21. The zero-order valence-electron chi connectivity index (χ0n) is 15.2. The highest BCUT2D eigenvalue weighted by Crippen LogP contribution is 2.28. The Kier molecular flexibility index (Phi) is 5.51. The summed E-state index contributed by atoms with van der Waals surface area (Å²) < 4.78 is 20.3. The van der Waals surface area contributed by atoms with Gasteiger partial charge in [0.2, 0.25) is 0 Å². The first-order valence-electron chi connectivity index (χ1n) is 8.27. The molecule has 2 aromatic rings. The molecule has 142 valence electrons. The maximum Gasteiger partial charge on any atom is 0.355 e. The van der Waals surface area contributed by atoms with E-state index in [9.17, 15) is 9.59 Å². The van der Waals surface area contributed by atoms with E-state index >= 15 is 0 Å². The van der Waals surface area contributed by atoms with E-state index in [1.165, 1.54) is 14.2 Å². The Morgan fingerprint density at radius 3 is 2.44 bits per heavy atom. The van der Waals surface area contributed by atoms with E-state index in [1.54, 1.807) is 29.2 Å². The van der Waals surface area contributed by atoms with Gasteiger partial charge < -0.3 is 23.6 Å². The van der Waals surface area contributed by atoms with Crippen molar-refractivity contribution in [2.24, 2.45) is 0 Å². The van der Waals surface area contributed by atoms with Crippen molar-refractivity contribution in [1.82, 2.24) is 10.1 Å². The van der Waals surface area contributed by atoms with Crippen molar-refractivity contribution in [3.63, 3.8) is 0 Å². The Balaban J connectivity index is 1.95. The molecule has 0 bridgehead atoms. The summed E-state index contributed by atoms with van der Waals surface area (Å²) in [5.41, 5.74) is 1.56. The molecule has 0 saturated carbocycles. The number of nitrogens with zero attached hydrogens (tertiary/aromatic N) is 3. The number of aryl methyl sites for hydroxylation is 1. The molecule has 9 heteroatoms. The largest absolute Gasteiger partial charge is 0.466 e. The fourth-order valence-electron chi connectivity index (χ4n) is 2.65. The summed E-state index contributed by atoms with van der Waals surface area (Å²) >= 11 is 0. The second-order valence-electron chi connectivity index (χ2n) is 5.63. The topological polar surface area (TPSA) is 104 Å². The number of esters is 2. The van der Waals surface area contributed by atoms with E-state index in [-0.39, 0.29) is 24.6 Å². The SMILES string of the molecule is CCc1noc(-c2ccc(N3COCC(C(=O)OC)=C3C(=O)OC)cc2)n1. The van der Waals surface area contributed by atoms with Crippen molar-refractivity contribution in [3.8, 4) is 11.5 Å². The molecule has 2 heterocycles. The summed E-state index contributed by atoms with van der Waals surface area (Å²) in [6.07, 6.45) is 0.677. The van der Waals surface area contributed by atoms with E-state index in [0.29, 0.717) is 23.8 Å². The van der Waals surface area contributed by atoms with Gasteiger partial charge in [-0.25, -0.2) is 9.59 Å². The second kappa shape index (κ2) is 8.00. The third-order valence-corrected chi connectivity index (χ3v) is 4.04. The van der Waals surface area contributed by atoms with Crippen molar-refractivity contribution in [2.75, 3.05) is 32.5 Å². The number of rotatable bonds is 5. The molecule has 0 aliphatic carbocycles. The monoisotopic (exact) mass is 373 g/mol. The van der Waals surface area contributed by atoms with Gasteiger partial charge in [0.05, 0.1) is 26.4 Å². The van der Waals surface area contributed by atoms with E-state index < -0.39 is 11.9 Å². The molecule has 1 aliphatic rings. The smallest absolute Gasteiger partial charge is 0.355 e. The van der Waals surface area contributed by atoms with Gasteiger partial charge >= 0.3 is 11.9 Å². The highest BCUT2D eigenvalue weighted by atomic mass is 16.5. The predicted molar refractivity (Wildman–Crippen MR) is 93.5 cm³/mol. The number of hydrogen-bond acceptors (Lipinski definition) is 9. The van der Waals surface area contributed by atoms with Crippen LogP contribution in [0.1, 0.15) is 12.7 Å². The van der Waals surface area contributed by atoms with Crippen LogP contribution < -0.4 is 4.90 Å². The maximum absolute atomic E-state index is 12.3. The number of anilines is 1. The van der Waals surface area contributed by atoms with Crippen molar-refractivity contribution >= 4 is 17.6 Å². The van der Waals surface area contributed by atoms with E-state index in [4.69, 9.17) is 18.7 Å². The first kappa shape index (κ1) is 18.6. The van der Waals surface area contributed by atoms with Gasteiger partial charge in [0.1, 0.15) is 12.4 Å². The molecular weight excluding hydrogens is 354 g/mol. The molecule has 1 aromatic heterocycles. The Bertz CT molecular complexity index is 871. The summed E-state index contributed by atoms with van der Waals surface area (Å²) in [5, 5.41) is 3.87. The minimum absolute atomic E-state index is 0.0343. The minimum Gasteiger partial charge on any atom is -0.466 e. The molecule has 0 spiro atoms. The fraction of sp³-hybridized carbons (Fsp3) is 0.333. The van der Waals surface area contributed by atoms with Crippen LogP contribution in [0.15, 0.2) is 40.1 Å². The van der Waals surface area contributed by atoms with E-state index in [2.05, 4.69) is 10.1 Å². The average molecular weight is 373 g/mol. The summed E-state index contributed by atoms with van der Waals surface area (Å²) in [6, 6.07) is 7.09. The third-order valence-electron chi connectivity index (χ3n) is 4.04. The lowest BCUT2D eigenvalue weighted by atomic mass is 10.1. The third kappa shape index (κ3) is 3.68. The first-order valence-corrected chi connectivity index (χ1v) is 8.27.